The standard InChI is InChI=1S/C9H13NOS/c1-7-8(5-10(2)3)4-9(6-11)12-7/h4,6H,5H2,1-3H3. The molecule has 0 aromatic carbocycles. The van der Waals surface area contributed by atoms with Crippen molar-refractivity contribution >= 4 is 17.6 Å². The fourth-order valence-electron chi connectivity index (χ4n) is 1.10. The summed E-state index contributed by atoms with van der Waals surface area (Å²) in [5.41, 5.74) is 1.26. The first-order valence-electron chi connectivity index (χ1n) is 3.82. The summed E-state index contributed by atoms with van der Waals surface area (Å²) in [6.45, 7) is 2.96. The van der Waals surface area contributed by atoms with E-state index in [0.29, 0.717) is 0 Å². The third kappa shape index (κ3) is 2.16. The molecule has 1 rings (SSSR count). The Balaban J connectivity index is 2.84. The van der Waals surface area contributed by atoms with Gasteiger partial charge in [0.2, 0.25) is 0 Å². The maximum atomic E-state index is 10.5. The summed E-state index contributed by atoms with van der Waals surface area (Å²) in [6, 6.07) is 1.97. The number of carbonyl (C=O) groups is 1. The maximum absolute atomic E-state index is 10.5. The van der Waals surface area contributed by atoms with Crippen LogP contribution in [0.25, 0.3) is 0 Å². The number of hydrogen-bond acceptors (Lipinski definition) is 3. The minimum atomic E-state index is 0.823. The highest BCUT2D eigenvalue weighted by molar-refractivity contribution is 7.13. The lowest BCUT2D eigenvalue weighted by molar-refractivity contribution is 0.112. The average Bonchev–Trinajstić information content (AvgIpc) is 2.31. The van der Waals surface area contributed by atoms with E-state index in [1.165, 1.54) is 10.4 Å². The van der Waals surface area contributed by atoms with Crippen molar-refractivity contribution in [1.29, 1.82) is 0 Å². The van der Waals surface area contributed by atoms with E-state index in [0.717, 1.165) is 17.7 Å². The molecular formula is C9H13NOS. The number of nitrogens with zero attached hydrogens (tertiary/aromatic N) is 1. The number of carbonyl (C=O) groups excluding carboxylic acids is 1. The van der Waals surface area contributed by atoms with Crippen LogP contribution in [0, 0.1) is 6.92 Å². The summed E-state index contributed by atoms with van der Waals surface area (Å²) < 4.78 is 0. The Hall–Kier alpha value is -0.670. The van der Waals surface area contributed by atoms with Crippen molar-refractivity contribution in [3.63, 3.8) is 0 Å². The minimum Gasteiger partial charge on any atom is -0.305 e. The minimum absolute atomic E-state index is 0.823. The van der Waals surface area contributed by atoms with Crippen LogP contribution >= 0.6 is 11.3 Å². The van der Waals surface area contributed by atoms with Crippen LogP contribution in [0.2, 0.25) is 0 Å². The summed E-state index contributed by atoms with van der Waals surface area (Å²) in [6.07, 6.45) is 0.914. The summed E-state index contributed by atoms with van der Waals surface area (Å²) in [7, 11) is 4.05. The highest BCUT2D eigenvalue weighted by Crippen LogP contribution is 2.20. The van der Waals surface area contributed by atoms with E-state index in [1.807, 2.05) is 20.2 Å². The average molecular weight is 183 g/mol. The predicted molar refractivity (Wildman–Crippen MR) is 51.8 cm³/mol. The van der Waals surface area contributed by atoms with Gasteiger partial charge in [-0.15, -0.1) is 11.3 Å². The Morgan fingerprint density at radius 2 is 2.25 bits per heavy atom. The molecule has 1 heterocycles. The van der Waals surface area contributed by atoms with Gasteiger partial charge in [0.25, 0.3) is 0 Å². The summed E-state index contributed by atoms with van der Waals surface area (Å²) in [4.78, 5) is 14.6. The second-order valence-electron chi connectivity index (χ2n) is 3.09. The van der Waals surface area contributed by atoms with E-state index >= 15 is 0 Å². The quantitative estimate of drug-likeness (QED) is 0.667. The Labute approximate surface area is 76.8 Å². The van der Waals surface area contributed by atoms with Crippen molar-refractivity contribution in [2.24, 2.45) is 0 Å². The van der Waals surface area contributed by atoms with Gasteiger partial charge in [-0.05, 0) is 32.6 Å². The molecule has 0 N–H and O–H groups in total. The van der Waals surface area contributed by atoms with Gasteiger partial charge in [-0.1, -0.05) is 0 Å². The van der Waals surface area contributed by atoms with E-state index in [4.69, 9.17) is 0 Å². The second kappa shape index (κ2) is 3.83. The maximum Gasteiger partial charge on any atom is 0.160 e. The van der Waals surface area contributed by atoms with Crippen LogP contribution in [0.15, 0.2) is 6.07 Å². The van der Waals surface area contributed by atoms with Crippen LogP contribution in [-0.2, 0) is 6.54 Å². The lowest BCUT2D eigenvalue weighted by atomic mass is 10.2. The van der Waals surface area contributed by atoms with Crippen molar-refractivity contribution in [2.75, 3.05) is 14.1 Å². The molecule has 0 saturated carbocycles. The third-order valence-electron chi connectivity index (χ3n) is 1.64. The largest absolute Gasteiger partial charge is 0.305 e. The lowest BCUT2D eigenvalue weighted by Gasteiger charge is -2.07. The molecule has 1 aromatic heterocycles. The predicted octanol–water partition coefficient (Wildman–Crippen LogP) is 1.93. The van der Waals surface area contributed by atoms with Crippen LogP contribution in [0.3, 0.4) is 0 Å². The second-order valence-corrected chi connectivity index (χ2v) is 4.37. The van der Waals surface area contributed by atoms with Crippen molar-refractivity contribution in [2.45, 2.75) is 13.5 Å². The summed E-state index contributed by atoms with van der Waals surface area (Å²) >= 11 is 1.56. The van der Waals surface area contributed by atoms with Crippen LogP contribution in [0.5, 0.6) is 0 Å². The first-order valence-corrected chi connectivity index (χ1v) is 4.64. The molecule has 0 radical (unpaired) electrons. The molecule has 0 amide bonds. The van der Waals surface area contributed by atoms with Crippen molar-refractivity contribution in [3.8, 4) is 0 Å². The molecule has 0 aliphatic carbocycles. The molecule has 0 fully saturated rings. The highest BCUT2D eigenvalue weighted by Gasteiger charge is 2.04. The van der Waals surface area contributed by atoms with Gasteiger partial charge < -0.3 is 4.90 Å². The van der Waals surface area contributed by atoms with Crippen LogP contribution < -0.4 is 0 Å². The molecule has 0 atom stereocenters. The number of aryl methyl sites for hydroxylation is 1. The van der Waals surface area contributed by atoms with Gasteiger partial charge in [0.15, 0.2) is 6.29 Å². The number of rotatable bonds is 3. The number of thiophene rings is 1. The third-order valence-corrected chi connectivity index (χ3v) is 2.66. The molecule has 12 heavy (non-hydrogen) atoms. The molecule has 0 saturated heterocycles. The first-order chi connectivity index (χ1) is 5.63. The topological polar surface area (TPSA) is 20.3 Å². The molecule has 0 aliphatic rings. The summed E-state index contributed by atoms with van der Waals surface area (Å²) in [5, 5.41) is 0. The molecule has 0 bridgehead atoms. The highest BCUT2D eigenvalue weighted by atomic mass is 32.1. The van der Waals surface area contributed by atoms with Crippen LogP contribution in [0.1, 0.15) is 20.1 Å². The molecule has 0 aliphatic heterocycles. The monoisotopic (exact) mass is 183 g/mol. The summed E-state index contributed by atoms with van der Waals surface area (Å²) in [5.74, 6) is 0. The molecule has 1 aromatic rings. The number of aldehydes is 1. The van der Waals surface area contributed by atoms with Crippen LogP contribution in [-0.4, -0.2) is 25.3 Å². The molecule has 2 nitrogen and oxygen atoms in total. The van der Waals surface area contributed by atoms with Gasteiger partial charge in [0.05, 0.1) is 4.88 Å². The molecular weight excluding hydrogens is 170 g/mol. The zero-order valence-electron chi connectivity index (χ0n) is 7.63. The van der Waals surface area contributed by atoms with E-state index in [1.54, 1.807) is 11.3 Å². The fourth-order valence-corrected chi connectivity index (χ4v) is 1.96. The first kappa shape index (κ1) is 9.42. The zero-order valence-corrected chi connectivity index (χ0v) is 8.44. The van der Waals surface area contributed by atoms with Gasteiger partial charge in [0.1, 0.15) is 0 Å². The normalized spacial score (nSPS) is 10.7. The van der Waals surface area contributed by atoms with E-state index in [9.17, 15) is 4.79 Å². The zero-order chi connectivity index (χ0) is 9.14. The van der Waals surface area contributed by atoms with E-state index in [2.05, 4.69) is 11.8 Å². The molecule has 3 heteroatoms. The Bertz CT molecular complexity index is 278. The van der Waals surface area contributed by atoms with Gasteiger partial charge >= 0.3 is 0 Å². The van der Waals surface area contributed by atoms with Crippen molar-refractivity contribution in [3.05, 3.63) is 21.4 Å². The van der Waals surface area contributed by atoms with Crippen LogP contribution in [0.4, 0.5) is 0 Å². The fraction of sp³-hybridized carbons (Fsp3) is 0.444. The molecule has 0 spiro atoms. The molecule has 0 unspecified atom stereocenters. The molecule has 66 valence electrons. The van der Waals surface area contributed by atoms with Gasteiger partial charge in [-0.25, -0.2) is 0 Å². The Morgan fingerprint density at radius 3 is 2.67 bits per heavy atom. The van der Waals surface area contributed by atoms with Gasteiger partial charge in [0, 0.05) is 11.4 Å². The van der Waals surface area contributed by atoms with Crippen molar-refractivity contribution < 1.29 is 4.79 Å². The Morgan fingerprint density at radius 1 is 1.58 bits per heavy atom. The smallest absolute Gasteiger partial charge is 0.160 e. The SMILES string of the molecule is Cc1sc(C=O)cc1CN(C)C. The van der Waals surface area contributed by atoms with Gasteiger partial charge in [-0.2, -0.15) is 0 Å². The van der Waals surface area contributed by atoms with E-state index in [-0.39, 0.29) is 0 Å². The lowest BCUT2D eigenvalue weighted by Crippen LogP contribution is -2.10. The van der Waals surface area contributed by atoms with Crippen molar-refractivity contribution in [1.82, 2.24) is 4.90 Å². The van der Waals surface area contributed by atoms with E-state index < -0.39 is 0 Å². The Kier molecular flexibility index (Phi) is 3.00. The van der Waals surface area contributed by atoms with Gasteiger partial charge in [-0.3, -0.25) is 4.79 Å². The number of hydrogen-bond donors (Lipinski definition) is 0.